The molecule has 1 heterocycles. The van der Waals surface area contributed by atoms with Gasteiger partial charge in [-0.25, -0.2) is 9.18 Å². The van der Waals surface area contributed by atoms with Gasteiger partial charge in [0.1, 0.15) is 11.6 Å². The SMILES string of the molecule is COc1cc(C(=O)N2C=C(c3ccc(F)cc3)CC2CO)c(NC(=O)O)cc1O[Si](C(C)C)(C(C)C)C(C)C. The summed E-state index contributed by atoms with van der Waals surface area (Å²) in [6, 6.07) is 8.34. The number of halogens is 1. The van der Waals surface area contributed by atoms with Crippen molar-refractivity contribution in [3.63, 3.8) is 0 Å². The van der Waals surface area contributed by atoms with Gasteiger partial charge in [-0.15, -0.1) is 0 Å². The van der Waals surface area contributed by atoms with Crippen molar-refractivity contribution in [2.24, 2.45) is 0 Å². The molecule has 0 saturated carbocycles. The Balaban J connectivity index is 2.11. The van der Waals surface area contributed by atoms with Gasteiger partial charge in [0, 0.05) is 12.3 Å². The van der Waals surface area contributed by atoms with Crippen LogP contribution in [0.3, 0.4) is 0 Å². The number of rotatable bonds is 10. The lowest BCUT2D eigenvalue weighted by Gasteiger charge is -2.42. The highest BCUT2D eigenvalue weighted by molar-refractivity contribution is 6.78. The predicted molar refractivity (Wildman–Crippen MR) is 152 cm³/mol. The van der Waals surface area contributed by atoms with E-state index in [0.29, 0.717) is 17.9 Å². The van der Waals surface area contributed by atoms with E-state index in [-0.39, 0.29) is 40.3 Å². The highest BCUT2D eigenvalue weighted by atomic mass is 28.4. The number of amides is 2. The number of hydrogen-bond donors (Lipinski definition) is 3. The molecule has 212 valence electrons. The molecule has 8 nitrogen and oxygen atoms in total. The molecule has 3 rings (SSSR count). The number of methoxy groups -OCH3 is 1. The first kappa shape index (κ1) is 30.2. The molecule has 1 aliphatic rings. The number of hydrogen-bond acceptors (Lipinski definition) is 5. The molecule has 2 aromatic carbocycles. The largest absolute Gasteiger partial charge is 0.540 e. The molecule has 1 aliphatic heterocycles. The van der Waals surface area contributed by atoms with E-state index >= 15 is 0 Å². The smallest absolute Gasteiger partial charge is 0.409 e. The minimum Gasteiger partial charge on any atom is -0.540 e. The molecule has 0 spiro atoms. The maximum absolute atomic E-state index is 13.8. The number of nitrogens with one attached hydrogen (secondary N) is 1. The van der Waals surface area contributed by atoms with Crippen molar-refractivity contribution in [3.8, 4) is 11.5 Å². The first-order chi connectivity index (χ1) is 18.3. The summed E-state index contributed by atoms with van der Waals surface area (Å²) in [5, 5.41) is 22.0. The van der Waals surface area contributed by atoms with E-state index in [1.54, 1.807) is 18.3 Å². The highest BCUT2D eigenvalue weighted by Gasteiger charge is 2.47. The van der Waals surface area contributed by atoms with Crippen LogP contribution in [0.25, 0.3) is 5.57 Å². The molecule has 1 atom stereocenters. The number of carboxylic acid groups (broad SMARTS) is 1. The van der Waals surface area contributed by atoms with E-state index in [1.165, 1.54) is 36.3 Å². The molecule has 2 amide bonds. The molecule has 10 heteroatoms. The van der Waals surface area contributed by atoms with E-state index < -0.39 is 26.4 Å². The van der Waals surface area contributed by atoms with Crippen molar-refractivity contribution in [2.45, 2.75) is 70.6 Å². The molecule has 0 fully saturated rings. The first-order valence-corrected chi connectivity index (χ1v) is 15.3. The van der Waals surface area contributed by atoms with Crippen molar-refractivity contribution in [1.29, 1.82) is 0 Å². The average molecular weight is 559 g/mol. The number of anilines is 1. The van der Waals surface area contributed by atoms with Crippen LogP contribution in [0.4, 0.5) is 14.9 Å². The van der Waals surface area contributed by atoms with Gasteiger partial charge in [-0.3, -0.25) is 10.1 Å². The maximum atomic E-state index is 13.8. The van der Waals surface area contributed by atoms with Crippen LogP contribution in [0.2, 0.25) is 16.6 Å². The maximum Gasteiger partial charge on any atom is 0.409 e. The Morgan fingerprint density at radius 3 is 2.13 bits per heavy atom. The zero-order chi connectivity index (χ0) is 29.1. The van der Waals surface area contributed by atoms with Gasteiger partial charge in [-0.1, -0.05) is 53.7 Å². The molecule has 0 saturated heterocycles. The second kappa shape index (κ2) is 12.2. The summed E-state index contributed by atoms with van der Waals surface area (Å²) in [6.07, 6.45) is 0.647. The second-order valence-electron chi connectivity index (χ2n) is 10.8. The molecular formula is C29H39FN2O6Si. The van der Waals surface area contributed by atoms with Gasteiger partial charge < -0.3 is 24.3 Å². The normalized spacial score (nSPS) is 15.6. The first-order valence-electron chi connectivity index (χ1n) is 13.2. The van der Waals surface area contributed by atoms with Crippen LogP contribution < -0.4 is 14.5 Å². The van der Waals surface area contributed by atoms with Crippen molar-refractivity contribution < 1.29 is 33.4 Å². The van der Waals surface area contributed by atoms with Crippen LogP contribution in [0, 0.1) is 5.82 Å². The summed E-state index contributed by atoms with van der Waals surface area (Å²) in [5.74, 6) is -0.194. The number of carbonyl (C=O) groups excluding carboxylic acids is 1. The number of ether oxygens (including phenoxy) is 1. The third-order valence-electron chi connectivity index (χ3n) is 7.57. The molecule has 0 aliphatic carbocycles. The fourth-order valence-corrected chi connectivity index (χ4v) is 11.0. The quantitative estimate of drug-likeness (QED) is 0.279. The molecule has 0 aromatic heterocycles. The minimum absolute atomic E-state index is 0.0579. The molecule has 2 aromatic rings. The lowest BCUT2D eigenvalue weighted by Crippen LogP contribution is -2.50. The number of aliphatic hydroxyl groups excluding tert-OH is 1. The third kappa shape index (κ3) is 6.12. The van der Waals surface area contributed by atoms with E-state index in [0.717, 1.165) is 11.1 Å². The van der Waals surface area contributed by atoms with Gasteiger partial charge in [-0.05, 0) is 52.4 Å². The minimum atomic E-state index is -2.44. The average Bonchev–Trinajstić information content (AvgIpc) is 3.30. The van der Waals surface area contributed by atoms with Gasteiger partial charge in [0.2, 0.25) is 0 Å². The zero-order valence-electron chi connectivity index (χ0n) is 23.6. The van der Waals surface area contributed by atoms with Gasteiger partial charge in [0.05, 0.1) is 31.0 Å². The van der Waals surface area contributed by atoms with E-state index in [9.17, 15) is 24.2 Å². The number of nitrogens with zero attached hydrogens (tertiary/aromatic N) is 1. The van der Waals surface area contributed by atoms with Crippen LogP contribution in [-0.2, 0) is 0 Å². The predicted octanol–water partition coefficient (Wildman–Crippen LogP) is 6.73. The Bertz CT molecular complexity index is 1210. The Morgan fingerprint density at radius 1 is 1.05 bits per heavy atom. The summed E-state index contributed by atoms with van der Waals surface area (Å²) in [5.41, 5.74) is 2.36. The standard InChI is InChI=1S/C29H39FN2O6Si/c1-17(2)39(18(3)4,19(5)6)38-27-14-25(31-29(35)36)24(13-26(27)37-7)28(34)32-15-21(12-23(32)16-33)20-8-10-22(30)11-9-20/h8-11,13-15,17-19,23,31,33H,12,16H2,1-7H3,(H,35,36). The topological polar surface area (TPSA) is 108 Å². The number of benzene rings is 2. The monoisotopic (exact) mass is 558 g/mol. The molecular weight excluding hydrogens is 519 g/mol. The van der Waals surface area contributed by atoms with E-state index in [4.69, 9.17) is 9.16 Å². The van der Waals surface area contributed by atoms with Gasteiger partial charge in [0.15, 0.2) is 5.75 Å². The third-order valence-corrected chi connectivity index (χ3v) is 13.6. The van der Waals surface area contributed by atoms with E-state index in [2.05, 4.69) is 46.9 Å². The summed E-state index contributed by atoms with van der Waals surface area (Å²) < 4.78 is 25.9. The lowest BCUT2D eigenvalue weighted by molar-refractivity contribution is 0.0733. The molecule has 0 radical (unpaired) electrons. The molecule has 39 heavy (non-hydrogen) atoms. The van der Waals surface area contributed by atoms with Gasteiger partial charge in [-0.2, -0.15) is 0 Å². The molecule has 3 N–H and O–H groups in total. The Kier molecular flexibility index (Phi) is 9.45. The molecule has 0 bridgehead atoms. The fourth-order valence-electron chi connectivity index (χ4n) is 5.79. The van der Waals surface area contributed by atoms with Crippen LogP contribution in [0.1, 0.15) is 63.9 Å². The fraction of sp³-hybridized carbons (Fsp3) is 0.448. The Morgan fingerprint density at radius 2 is 1.64 bits per heavy atom. The Labute approximate surface area is 230 Å². The number of aliphatic hydroxyl groups is 1. The zero-order valence-corrected chi connectivity index (χ0v) is 24.6. The Hall–Kier alpha value is -3.37. The van der Waals surface area contributed by atoms with Crippen molar-refractivity contribution in [3.05, 3.63) is 59.5 Å². The van der Waals surface area contributed by atoms with Crippen molar-refractivity contribution in [1.82, 2.24) is 4.90 Å². The summed E-state index contributed by atoms with van der Waals surface area (Å²) in [7, 11) is -0.961. The van der Waals surface area contributed by atoms with E-state index in [1.807, 2.05) is 0 Å². The highest BCUT2D eigenvalue weighted by Crippen LogP contribution is 2.46. The van der Waals surface area contributed by atoms with Gasteiger partial charge >= 0.3 is 6.09 Å². The van der Waals surface area contributed by atoms with Crippen molar-refractivity contribution >= 4 is 31.6 Å². The summed E-state index contributed by atoms with van der Waals surface area (Å²) in [6.45, 7) is 12.5. The lowest BCUT2D eigenvalue weighted by atomic mass is 10.0. The van der Waals surface area contributed by atoms with Crippen molar-refractivity contribution in [2.75, 3.05) is 19.0 Å². The van der Waals surface area contributed by atoms with Crippen LogP contribution >= 0.6 is 0 Å². The van der Waals surface area contributed by atoms with Gasteiger partial charge in [0.25, 0.3) is 14.2 Å². The van der Waals surface area contributed by atoms with Crippen LogP contribution in [0.15, 0.2) is 42.6 Å². The van der Waals surface area contributed by atoms with Crippen LogP contribution in [-0.4, -0.2) is 55.2 Å². The second-order valence-corrected chi connectivity index (χ2v) is 16.2. The van der Waals surface area contributed by atoms with Crippen LogP contribution in [0.5, 0.6) is 11.5 Å². The molecule has 1 unspecified atom stereocenters. The number of carbonyl (C=O) groups is 2. The summed E-state index contributed by atoms with van der Waals surface area (Å²) >= 11 is 0. The summed E-state index contributed by atoms with van der Waals surface area (Å²) in [4.78, 5) is 27.0.